The molecule has 6 heteroatoms. The molecule has 0 saturated heterocycles. The van der Waals surface area contributed by atoms with E-state index in [1.165, 1.54) is 12.1 Å². The highest BCUT2D eigenvalue weighted by atomic mass is 31.1. The fourth-order valence-corrected chi connectivity index (χ4v) is 1.44. The van der Waals surface area contributed by atoms with Gasteiger partial charge in [-0.25, -0.2) is 0 Å². The Bertz CT molecular complexity index is 437. The molecule has 1 aromatic carbocycles. The summed E-state index contributed by atoms with van der Waals surface area (Å²) in [6.45, 7) is -0.00246. The van der Waals surface area contributed by atoms with Gasteiger partial charge in [-0.3, -0.25) is 4.57 Å². The number of hydrogen-bond donors (Lipinski definition) is 1. The van der Waals surface area contributed by atoms with Crippen LogP contribution in [0.3, 0.4) is 0 Å². The van der Waals surface area contributed by atoms with E-state index in [0.29, 0.717) is 0 Å². The maximum absolute atomic E-state index is 12.6. The molecule has 0 atom stereocenters. The van der Waals surface area contributed by atoms with Crippen LogP contribution in [0.5, 0.6) is 0 Å². The van der Waals surface area contributed by atoms with Gasteiger partial charge in [-0.1, -0.05) is 5.92 Å². The molecule has 0 aromatic heterocycles. The fraction of sp³-hybridized carbons (Fsp3) is 0.200. The van der Waals surface area contributed by atoms with E-state index in [-0.39, 0.29) is 17.5 Å². The van der Waals surface area contributed by atoms with Gasteiger partial charge < -0.3 is 5.32 Å². The van der Waals surface area contributed by atoms with E-state index in [0.717, 1.165) is 6.07 Å². The summed E-state index contributed by atoms with van der Waals surface area (Å²) >= 11 is 0. The molecule has 1 rings (SSSR count). The predicted molar refractivity (Wildman–Crippen MR) is 56.0 cm³/mol. The SMILES string of the molecule is C#CCNc1ccc(P=O)cc1C(F)(F)F. The van der Waals surface area contributed by atoms with E-state index < -0.39 is 20.2 Å². The van der Waals surface area contributed by atoms with Crippen LogP contribution in [0.15, 0.2) is 18.2 Å². The Morgan fingerprint density at radius 3 is 2.62 bits per heavy atom. The summed E-state index contributed by atoms with van der Waals surface area (Å²) in [6, 6.07) is 3.37. The average molecular weight is 245 g/mol. The average Bonchev–Trinajstić information content (AvgIpc) is 2.25. The van der Waals surface area contributed by atoms with Gasteiger partial charge in [-0.15, -0.1) is 6.42 Å². The Hall–Kier alpha value is -1.53. The number of alkyl halides is 3. The summed E-state index contributed by atoms with van der Waals surface area (Å²) in [4.78, 5) is 0. The van der Waals surface area contributed by atoms with Crippen molar-refractivity contribution in [2.45, 2.75) is 6.18 Å². The molecule has 1 N–H and O–H groups in total. The molecule has 0 bridgehead atoms. The molecule has 84 valence electrons. The zero-order valence-electron chi connectivity index (χ0n) is 8.01. The molecule has 16 heavy (non-hydrogen) atoms. The molecule has 1 aromatic rings. The van der Waals surface area contributed by atoms with Crippen LogP contribution in [0, 0.1) is 12.3 Å². The topological polar surface area (TPSA) is 29.1 Å². The lowest BCUT2D eigenvalue weighted by Gasteiger charge is -2.13. The van der Waals surface area contributed by atoms with Gasteiger partial charge in [0.1, 0.15) is 0 Å². The third-order valence-electron chi connectivity index (χ3n) is 1.79. The van der Waals surface area contributed by atoms with Crippen molar-refractivity contribution in [3.63, 3.8) is 0 Å². The van der Waals surface area contributed by atoms with Crippen LogP contribution >= 0.6 is 8.46 Å². The van der Waals surface area contributed by atoms with Gasteiger partial charge >= 0.3 is 6.18 Å². The second kappa shape index (κ2) is 5.00. The number of halogens is 3. The maximum Gasteiger partial charge on any atom is 0.418 e. The molecule has 0 spiro atoms. The van der Waals surface area contributed by atoms with E-state index in [9.17, 15) is 17.7 Å². The first-order valence-electron chi connectivity index (χ1n) is 4.21. The Morgan fingerprint density at radius 1 is 1.44 bits per heavy atom. The molecule has 0 aliphatic carbocycles. The quantitative estimate of drug-likeness (QED) is 0.655. The first-order valence-corrected chi connectivity index (χ1v) is 5.02. The summed E-state index contributed by atoms with van der Waals surface area (Å²) < 4.78 is 48.3. The molecule has 0 heterocycles. The van der Waals surface area contributed by atoms with Crippen LogP contribution in [-0.4, -0.2) is 6.54 Å². The molecule has 0 saturated carbocycles. The van der Waals surface area contributed by atoms with Crippen LogP contribution in [-0.2, 0) is 10.7 Å². The monoisotopic (exact) mass is 245 g/mol. The summed E-state index contributed by atoms with van der Waals surface area (Å²) in [5, 5.41) is 2.53. The van der Waals surface area contributed by atoms with Crippen molar-refractivity contribution in [2.75, 3.05) is 11.9 Å². The summed E-state index contributed by atoms with van der Waals surface area (Å²) in [6.07, 6.45) is 0.444. The van der Waals surface area contributed by atoms with Gasteiger partial charge in [0.25, 0.3) is 0 Å². The number of terminal acetylenes is 1. The first-order chi connectivity index (χ1) is 7.49. The molecule has 0 radical (unpaired) electrons. The standard InChI is InChI=1S/C10H7F3NOP/c1-2-5-14-9-4-3-7(16-15)6-8(9)10(11,12)13/h1,3-4,6,14H,5H2. The minimum Gasteiger partial charge on any atom is -0.374 e. The normalized spacial score (nSPS) is 11.1. The zero-order chi connectivity index (χ0) is 12.2. The zero-order valence-corrected chi connectivity index (χ0v) is 8.90. The van der Waals surface area contributed by atoms with Crippen LogP contribution in [0.1, 0.15) is 5.56 Å². The van der Waals surface area contributed by atoms with Crippen molar-refractivity contribution < 1.29 is 17.7 Å². The fourth-order valence-electron chi connectivity index (χ4n) is 1.12. The predicted octanol–water partition coefficient (Wildman–Crippen LogP) is 2.67. The minimum atomic E-state index is -4.50. The van der Waals surface area contributed by atoms with Gasteiger partial charge in [0, 0.05) is 11.0 Å². The maximum atomic E-state index is 12.6. The number of hydrogen-bond acceptors (Lipinski definition) is 2. The number of rotatable bonds is 3. The molecule has 2 nitrogen and oxygen atoms in total. The number of benzene rings is 1. The van der Waals surface area contributed by atoms with Crippen molar-refractivity contribution in [1.29, 1.82) is 0 Å². The largest absolute Gasteiger partial charge is 0.418 e. The Balaban J connectivity index is 3.17. The highest BCUT2D eigenvalue weighted by Crippen LogP contribution is 2.34. The molecule has 0 fully saturated rings. The number of anilines is 1. The summed E-state index contributed by atoms with van der Waals surface area (Å²) in [5.74, 6) is 2.18. The molecule has 0 aliphatic heterocycles. The third-order valence-corrected chi connectivity index (χ3v) is 2.28. The van der Waals surface area contributed by atoms with Crippen LogP contribution in [0.25, 0.3) is 0 Å². The van der Waals surface area contributed by atoms with Gasteiger partial charge in [-0.2, -0.15) is 13.2 Å². The highest BCUT2D eigenvalue weighted by Gasteiger charge is 2.33. The first kappa shape index (κ1) is 12.5. The Morgan fingerprint density at radius 2 is 2.12 bits per heavy atom. The lowest BCUT2D eigenvalue weighted by atomic mass is 10.1. The minimum absolute atomic E-state index is 0.00246. The van der Waals surface area contributed by atoms with Crippen molar-refractivity contribution in [2.24, 2.45) is 0 Å². The van der Waals surface area contributed by atoms with Gasteiger partial charge in [0.05, 0.1) is 12.1 Å². The summed E-state index contributed by atoms with van der Waals surface area (Å²) in [5.41, 5.74) is -0.985. The van der Waals surface area contributed by atoms with Crippen LogP contribution < -0.4 is 10.6 Å². The molecular weight excluding hydrogens is 238 g/mol. The van der Waals surface area contributed by atoms with E-state index in [1.807, 2.05) is 0 Å². The molecule has 0 aliphatic rings. The van der Waals surface area contributed by atoms with E-state index >= 15 is 0 Å². The Kier molecular flexibility index (Phi) is 3.92. The second-order valence-corrected chi connectivity index (χ2v) is 3.58. The lowest BCUT2D eigenvalue weighted by molar-refractivity contribution is -0.136. The van der Waals surface area contributed by atoms with Crippen molar-refractivity contribution in [1.82, 2.24) is 0 Å². The van der Waals surface area contributed by atoms with E-state index in [4.69, 9.17) is 6.42 Å². The van der Waals surface area contributed by atoms with Crippen LogP contribution in [0.2, 0.25) is 0 Å². The van der Waals surface area contributed by atoms with Crippen molar-refractivity contribution in [3.05, 3.63) is 23.8 Å². The smallest absolute Gasteiger partial charge is 0.374 e. The van der Waals surface area contributed by atoms with Gasteiger partial charge in [0.2, 0.25) is 0 Å². The van der Waals surface area contributed by atoms with Crippen molar-refractivity contribution >= 4 is 19.5 Å². The van der Waals surface area contributed by atoms with Gasteiger partial charge in [-0.05, 0) is 18.2 Å². The molecule has 0 unspecified atom stereocenters. The molecular formula is C10H7F3NOP. The molecule has 0 amide bonds. The van der Waals surface area contributed by atoms with E-state index in [2.05, 4.69) is 11.2 Å². The van der Waals surface area contributed by atoms with Crippen molar-refractivity contribution in [3.8, 4) is 12.3 Å². The number of nitrogens with one attached hydrogen (secondary N) is 1. The summed E-state index contributed by atoms with van der Waals surface area (Å²) in [7, 11) is -0.450. The van der Waals surface area contributed by atoms with Crippen LogP contribution in [0.4, 0.5) is 18.9 Å². The lowest BCUT2D eigenvalue weighted by Crippen LogP contribution is -2.13. The van der Waals surface area contributed by atoms with Gasteiger partial charge in [0.15, 0.2) is 8.46 Å². The third kappa shape index (κ3) is 2.98. The Labute approximate surface area is 92.1 Å². The highest BCUT2D eigenvalue weighted by molar-refractivity contribution is 7.34. The van der Waals surface area contributed by atoms with E-state index in [1.54, 1.807) is 0 Å². The second-order valence-electron chi connectivity index (χ2n) is 2.88.